The van der Waals surface area contributed by atoms with Gasteiger partial charge in [0.1, 0.15) is 24.0 Å². The molecule has 0 aliphatic carbocycles. The van der Waals surface area contributed by atoms with Crippen LogP contribution in [-0.4, -0.2) is 38.9 Å². The van der Waals surface area contributed by atoms with E-state index in [0.717, 1.165) is 6.07 Å². The van der Waals surface area contributed by atoms with Gasteiger partial charge < -0.3 is 9.64 Å². The van der Waals surface area contributed by atoms with Gasteiger partial charge in [0.25, 0.3) is 0 Å². The Bertz CT molecular complexity index is 1350. The Hall–Kier alpha value is -4.13. The average molecular weight is 450 g/mol. The summed E-state index contributed by atoms with van der Waals surface area (Å²) >= 11 is 0. The molecule has 1 aliphatic heterocycles. The first-order chi connectivity index (χ1) is 15.9. The van der Waals surface area contributed by atoms with Crippen LogP contribution in [0.1, 0.15) is 16.7 Å². The Balaban J connectivity index is 1.34. The third-order valence-corrected chi connectivity index (χ3v) is 5.47. The highest BCUT2D eigenvalue weighted by atomic mass is 19.4. The van der Waals surface area contributed by atoms with Crippen LogP contribution in [0.3, 0.4) is 0 Å². The number of ether oxygens (including phenoxy) is 1. The highest BCUT2D eigenvalue weighted by molar-refractivity contribution is 5.87. The van der Waals surface area contributed by atoms with Crippen molar-refractivity contribution >= 4 is 16.9 Å². The number of alkyl halides is 3. The van der Waals surface area contributed by atoms with Crippen molar-refractivity contribution in [2.45, 2.75) is 18.8 Å². The molecular formula is C23H17F3N6O. The quantitative estimate of drug-likeness (QED) is 0.457. The van der Waals surface area contributed by atoms with Crippen LogP contribution in [0.25, 0.3) is 11.0 Å². The number of benzene rings is 2. The second-order valence-corrected chi connectivity index (χ2v) is 7.68. The van der Waals surface area contributed by atoms with Crippen molar-refractivity contribution in [1.29, 1.82) is 5.26 Å². The highest BCUT2D eigenvalue weighted by Crippen LogP contribution is 2.33. The summed E-state index contributed by atoms with van der Waals surface area (Å²) in [6.45, 7) is 1.09. The Morgan fingerprint density at radius 2 is 1.91 bits per heavy atom. The van der Waals surface area contributed by atoms with Crippen LogP contribution in [0.4, 0.5) is 19.0 Å². The summed E-state index contributed by atoms with van der Waals surface area (Å²) in [5, 5.41) is 14.0. The van der Waals surface area contributed by atoms with E-state index in [1.54, 1.807) is 36.5 Å². The van der Waals surface area contributed by atoms with Crippen molar-refractivity contribution in [2.24, 2.45) is 0 Å². The highest BCUT2D eigenvalue weighted by Gasteiger charge is 2.34. The Labute approximate surface area is 186 Å². The number of halogens is 3. The largest absolute Gasteiger partial charge is 0.487 e. The monoisotopic (exact) mass is 450 g/mol. The molecule has 10 heteroatoms. The van der Waals surface area contributed by atoms with Gasteiger partial charge in [-0.15, -0.1) is 0 Å². The average Bonchev–Trinajstić information content (AvgIpc) is 3.19. The van der Waals surface area contributed by atoms with Crippen LogP contribution in [0, 0.1) is 11.3 Å². The normalized spacial score (nSPS) is 14.2. The van der Waals surface area contributed by atoms with Crippen LogP contribution in [0.5, 0.6) is 5.75 Å². The van der Waals surface area contributed by atoms with Crippen LogP contribution in [0.15, 0.2) is 61.1 Å². The summed E-state index contributed by atoms with van der Waals surface area (Å²) in [5.74, 6) is 1.28. The fraction of sp³-hybridized carbons (Fsp3) is 0.217. The van der Waals surface area contributed by atoms with Gasteiger partial charge in [-0.1, -0.05) is 24.3 Å². The zero-order valence-corrected chi connectivity index (χ0v) is 17.2. The molecule has 2 aromatic heterocycles. The van der Waals surface area contributed by atoms with Crippen LogP contribution in [0.2, 0.25) is 0 Å². The second-order valence-electron chi connectivity index (χ2n) is 7.68. The van der Waals surface area contributed by atoms with Crippen molar-refractivity contribution in [1.82, 2.24) is 19.7 Å². The molecule has 0 amide bonds. The molecule has 0 bridgehead atoms. The topological polar surface area (TPSA) is 79.9 Å². The first kappa shape index (κ1) is 20.8. The molecule has 166 valence electrons. The molecule has 0 spiro atoms. The summed E-state index contributed by atoms with van der Waals surface area (Å²) in [4.78, 5) is 10.6. The van der Waals surface area contributed by atoms with Gasteiger partial charge in [-0.3, -0.25) is 0 Å². The minimum absolute atomic E-state index is 0.0589. The van der Waals surface area contributed by atoms with E-state index in [4.69, 9.17) is 10.00 Å². The van der Waals surface area contributed by atoms with Crippen molar-refractivity contribution in [3.63, 3.8) is 0 Å². The number of fused-ring (bicyclic) bond motifs is 1. The number of nitrogens with zero attached hydrogens (tertiary/aromatic N) is 6. The lowest BCUT2D eigenvalue weighted by molar-refractivity contribution is -0.138. The molecule has 33 heavy (non-hydrogen) atoms. The van der Waals surface area contributed by atoms with E-state index < -0.39 is 11.7 Å². The molecule has 0 unspecified atom stereocenters. The zero-order chi connectivity index (χ0) is 23.0. The van der Waals surface area contributed by atoms with Gasteiger partial charge in [-0.05, 0) is 29.8 Å². The predicted octanol–water partition coefficient (Wildman–Crippen LogP) is 4.03. The summed E-state index contributed by atoms with van der Waals surface area (Å²) in [6, 6.07) is 14.5. The zero-order valence-electron chi connectivity index (χ0n) is 17.2. The molecule has 0 radical (unpaired) electrons. The number of hydrogen-bond acceptors (Lipinski definition) is 6. The predicted molar refractivity (Wildman–Crippen MR) is 114 cm³/mol. The van der Waals surface area contributed by atoms with E-state index in [9.17, 15) is 13.2 Å². The van der Waals surface area contributed by atoms with Crippen LogP contribution >= 0.6 is 0 Å². The van der Waals surface area contributed by atoms with E-state index in [1.807, 2.05) is 4.90 Å². The van der Waals surface area contributed by atoms with E-state index >= 15 is 0 Å². The maximum absolute atomic E-state index is 13.4. The van der Waals surface area contributed by atoms with Crippen LogP contribution < -0.4 is 9.64 Å². The van der Waals surface area contributed by atoms with Gasteiger partial charge in [0.2, 0.25) is 0 Å². The Kier molecular flexibility index (Phi) is 5.09. The lowest BCUT2D eigenvalue weighted by Gasteiger charge is -2.39. The van der Waals surface area contributed by atoms with Gasteiger partial charge in [0.15, 0.2) is 5.65 Å². The minimum Gasteiger partial charge on any atom is -0.487 e. The molecule has 3 heterocycles. The van der Waals surface area contributed by atoms with Crippen molar-refractivity contribution in [2.75, 3.05) is 18.0 Å². The van der Waals surface area contributed by atoms with Gasteiger partial charge in [-0.2, -0.15) is 23.5 Å². The Morgan fingerprint density at radius 3 is 2.70 bits per heavy atom. The van der Waals surface area contributed by atoms with E-state index in [1.165, 1.54) is 23.1 Å². The van der Waals surface area contributed by atoms with Gasteiger partial charge in [0, 0.05) is 0 Å². The van der Waals surface area contributed by atoms with Crippen molar-refractivity contribution < 1.29 is 17.9 Å². The molecule has 4 aromatic rings. The van der Waals surface area contributed by atoms with Gasteiger partial charge in [-0.25, -0.2) is 14.6 Å². The molecule has 0 N–H and O–H groups in total. The summed E-state index contributed by atoms with van der Waals surface area (Å²) in [6.07, 6.45) is -1.56. The molecule has 0 atom stereocenters. The molecule has 7 nitrogen and oxygen atoms in total. The van der Waals surface area contributed by atoms with Crippen molar-refractivity contribution in [3.05, 3.63) is 77.7 Å². The second kappa shape index (κ2) is 8.09. The molecule has 5 rings (SSSR count). The Morgan fingerprint density at radius 1 is 1.09 bits per heavy atom. The van der Waals surface area contributed by atoms with Crippen LogP contribution in [-0.2, 0) is 12.7 Å². The lowest BCUT2D eigenvalue weighted by atomic mass is 10.1. The van der Waals surface area contributed by atoms with Gasteiger partial charge >= 0.3 is 6.18 Å². The SMILES string of the molecule is N#Cc1cccc(OC2CN(c3ncnc4c3cnn4Cc3ccccc3C(F)(F)F)C2)c1. The molecule has 1 saturated heterocycles. The summed E-state index contributed by atoms with van der Waals surface area (Å²) < 4.78 is 47.5. The number of anilines is 1. The summed E-state index contributed by atoms with van der Waals surface area (Å²) in [7, 11) is 0. The minimum atomic E-state index is -4.45. The number of aromatic nitrogens is 4. The standard InChI is InChI=1S/C23H17F3N6O/c24-23(25,26)20-7-2-1-5-16(20)11-32-22-19(10-30-32)21(28-14-29-22)31-12-18(13-31)33-17-6-3-4-15(8-17)9-27/h1-8,10,14,18H,11-13H2. The molecular weight excluding hydrogens is 433 g/mol. The number of nitriles is 1. The first-order valence-electron chi connectivity index (χ1n) is 10.2. The van der Waals surface area contributed by atoms with E-state index in [2.05, 4.69) is 21.1 Å². The molecule has 1 fully saturated rings. The van der Waals surface area contributed by atoms with Gasteiger partial charge in [0.05, 0.1) is 48.4 Å². The van der Waals surface area contributed by atoms with Crippen molar-refractivity contribution in [3.8, 4) is 11.8 Å². The molecule has 1 aliphatic rings. The van der Waals surface area contributed by atoms with E-state index in [-0.39, 0.29) is 18.2 Å². The lowest BCUT2D eigenvalue weighted by Crippen LogP contribution is -2.54. The molecule has 0 saturated carbocycles. The fourth-order valence-electron chi connectivity index (χ4n) is 3.86. The van der Waals surface area contributed by atoms with E-state index in [0.29, 0.717) is 41.3 Å². The maximum atomic E-state index is 13.4. The maximum Gasteiger partial charge on any atom is 0.416 e. The third-order valence-electron chi connectivity index (χ3n) is 5.47. The first-order valence-corrected chi connectivity index (χ1v) is 10.2. The molecule has 2 aromatic carbocycles. The number of hydrogen-bond donors (Lipinski definition) is 0. The third kappa shape index (κ3) is 4.05. The fourth-order valence-corrected chi connectivity index (χ4v) is 3.86. The summed E-state index contributed by atoms with van der Waals surface area (Å²) in [5.41, 5.74) is 0.419. The smallest absolute Gasteiger partial charge is 0.416 e. The number of rotatable bonds is 5.